The van der Waals surface area contributed by atoms with Crippen molar-refractivity contribution in [2.75, 3.05) is 19.8 Å². The third-order valence-electron chi connectivity index (χ3n) is 13.1. The molecule has 0 radical (unpaired) electrons. The molecule has 7 rings (SSSR count). The first kappa shape index (κ1) is 34.4. The van der Waals surface area contributed by atoms with E-state index in [0.717, 1.165) is 48.0 Å². The third-order valence-corrected chi connectivity index (χ3v) is 13.1. The SMILES string of the molecule is C=CC(C[C@@H](O)C12C[C@@H]3[C@H](C)CC[C@H]3C3(C4OCCO4)CC1C=C(C(C)C)C23C(=O)OC(c1ccccc1)c1ccccc1)OCC(=C)C. The summed E-state index contributed by atoms with van der Waals surface area (Å²) in [6, 6.07) is 20.0. The molecule has 0 amide bonds. The molecule has 2 aromatic carbocycles. The summed E-state index contributed by atoms with van der Waals surface area (Å²) in [4.78, 5) is 16.1. The molecule has 6 heteroatoms. The monoisotopic (exact) mass is 666 g/mol. The van der Waals surface area contributed by atoms with Crippen molar-refractivity contribution < 1.29 is 28.8 Å². The maximum Gasteiger partial charge on any atom is 0.318 e. The topological polar surface area (TPSA) is 74.2 Å². The van der Waals surface area contributed by atoms with E-state index in [1.807, 2.05) is 67.6 Å². The first-order chi connectivity index (χ1) is 23.6. The molecule has 49 heavy (non-hydrogen) atoms. The van der Waals surface area contributed by atoms with Gasteiger partial charge in [0.15, 0.2) is 12.4 Å². The molecule has 4 aliphatic carbocycles. The predicted octanol–water partition coefficient (Wildman–Crippen LogP) is 8.23. The summed E-state index contributed by atoms with van der Waals surface area (Å²) < 4.78 is 26.4. The molecular formula is C43H54O6. The predicted molar refractivity (Wildman–Crippen MR) is 190 cm³/mol. The van der Waals surface area contributed by atoms with Crippen LogP contribution in [0.2, 0.25) is 0 Å². The van der Waals surface area contributed by atoms with Crippen molar-refractivity contribution in [3.05, 3.63) is 108 Å². The lowest BCUT2D eigenvalue weighted by Crippen LogP contribution is -2.68. The highest BCUT2D eigenvalue weighted by molar-refractivity contribution is 5.87. The minimum absolute atomic E-state index is 0.0438. The first-order valence-electron chi connectivity index (χ1n) is 18.4. The van der Waals surface area contributed by atoms with E-state index in [0.29, 0.717) is 38.1 Å². The summed E-state index contributed by atoms with van der Waals surface area (Å²) in [5.41, 5.74) is 1.13. The van der Waals surface area contributed by atoms with Crippen molar-refractivity contribution in [2.24, 2.45) is 45.8 Å². The van der Waals surface area contributed by atoms with E-state index < -0.39 is 40.8 Å². The highest BCUT2D eigenvalue weighted by Crippen LogP contribution is 2.85. The molecule has 3 saturated carbocycles. The lowest BCUT2D eigenvalue weighted by atomic mass is 9.40. The van der Waals surface area contributed by atoms with E-state index in [-0.39, 0.29) is 23.7 Å². The van der Waals surface area contributed by atoms with E-state index >= 15 is 4.79 Å². The number of hydrogen-bond donors (Lipinski definition) is 1. The Hall–Kier alpha value is -3.03. The summed E-state index contributed by atoms with van der Waals surface area (Å²) in [5, 5.41) is 13.0. The van der Waals surface area contributed by atoms with E-state index in [1.54, 1.807) is 6.08 Å². The Labute approximate surface area is 292 Å². The van der Waals surface area contributed by atoms with Gasteiger partial charge in [0.25, 0.3) is 0 Å². The Morgan fingerprint density at radius 3 is 2.22 bits per heavy atom. The number of benzene rings is 2. The highest BCUT2D eigenvalue weighted by atomic mass is 16.7. The number of carbonyl (C=O) groups is 1. The van der Waals surface area contributed by atoms with Crippen molar-refractivity contribution in [3.8, 4) is 0 Å². The van der Waals surface area contributed by atoms with Crippen molar-refractivity contribution in [1.29, 1.82) is 0 Å². The van der Waals surface area contributed by atoms with Crippen LogP contribution in [0, 0.1) is 45.8 Å². The van der Waals surface area contributed by atoms with Gasteiger partial charge in [0, 0.05) is 17.3 Å². The van der Waals surface area contributed by atoms with Gasteiger partial charge in [-0.05, 0) is 66.9 Å². The summed E-state index contributed by atoms with van der Waals surface area (Å²) in [6.45, 7) is 18.1. The van der Waals surface area contributed by atoms with Crippen LogP contribution in [-0.4, -0.2) is 49.4 Å². The zero-order valence-electron chi connectivity index (χ0n) is 29.7. The van der Waals surface area contributed by atoms with Gasteiger partial charge in [-0.15, -0.1) is 6.58 Å². The molecular weight excluding hydrogens is 612 g/mol. The molecule has 4 bridgehead atoms. The minimum atomic E-state index is -1.17. The van der Waals surface area contributed by atoms with Gasteiger partial charge in [0.05, 0.1) is 32.0 Å². The number of rotatable bonds is 13. The van der Waals surface area contributed by atoms with Crippen LogP contribution in [0.5, 0.6) is 0 Å². The first-order valence-corrected chi connectivity index (χ1v) is 18.4. The molecule has 1 saturated heterocycles. The van der Waals surface area contributed by atoms with Crippen LogP contribution >= 0.6 is 0 Å². The van der Waals surface area contributed by atoms with Crippen LogP contribution < -0.4 is 0 Å². The minimum Gasteiger partial charge on any atom is -0.452 e. The second kappa shape index (κ2) is 13.3. The van der Waals surface area contributed by atoms with E-state index in [4.69, 9.17) is 18.9 Å². The lowest BCUT2D eigenvalue weighted by Gasteiger charge is -2.63. The van der Waals surface area contributed by atoms with Gasteiger partial charge in [0.1, 0.15) is 5.41 Å². The molecule has 1 N–H and O–H groups in total. The Balaban J connectivity index is 1.44. The van der Waals surface area contributed by atoms with Gasteiger partial charge in [-0.2, -0.15) is 0 Å². The van der Waals surface area contributed by atoms with Gasteiger partial charge >= 0.3 is 5.97 Å². The Bertz CT molecular complexity index is 1520. The van der Waals surface area contributed by atoms with Gasteiger partial charge in [-0.25, -0.2) is 0 Å². The van der Waals surface area contributed by atoms with Crippen molar-refractivity contribution in [1.82, 2.24) is 0 Å². The average Bonchev–Trinajstić information content (AvgIpc) is 3.88. The summed E-state index contributed by atoms with van der Waals surface area (Å²) in [5.74, 6) is 0.721. The molecule has 1 aliphatic heterocycles. The van der Waals surface area contributed by atoms with Gasteiger partial charge in [-0.1, -0.05) is 118 Å². The number of esters is 1. The largest absolute Gasteiger partial charge is 0.452 e. The summed E-state index contributed by atoms with van der Waals surface area (Å²) in [7, 11) is 0. The Kier molecular flexibility index (Phi) is 9.32. The third kappa shape index (κ3) is 5.07. The Morgan fingerprint density at radius 2 is 1.65 bits per heavy atom. The average molecular weight is 667 g/mol. The fourth-order valence-corrected chi connectivity index (χ4v) is 11.4. The lowest BCUT2D eigenvalue weighted by molar-refractivity contribution is -0.255. The number of aliphatic hydroxyl groups is 1. The molecule has 5 unspecified atom stereocenters. The standard InChI is InChI=1S/C43H54O6/c1-7-33(48-26-27(2)3)23-37(44)41-25-34-29(6)18-19-35(34)42(40-46-20-21-47-40)24-32(41)22-36(28(4)5)43(41,42)39(45)49-38(30-14-10-8-11-15-30)31-16-12-9-13-17-31/h7-17,22,28-29,32-35,37-38,40,44H,1-2,18-21,23-26H2,3-6H3/t29-,32?,33?,34-,35-,37-,41?,42?,43?/m1/s1. The van der Waals surface area contributed by atoms with Gasteiger partial charge in [0.2, 0.25) is 0 Å². The van der Waals surface area contributed by atoms with Gasteiger partial charge in [-0.3, -0.25) is 4.79 Å². The van der Waals surface area contributed by atoms with Crippen LogP contribution in [0.15, 0.2) is 97.1 Å². The second-order valence-corrected chi connectivity index (χ2v) is 15.9. The summed E-state index contributed by atoms with van der Waals surface area (Å²) in [6.07, 6.45) is 5.58. The molecule has 6 nitrogen and oxygen atoms in total. The number of ether oxygens (including phenoxy) is 4. The molecule has 1 heterocycles. The van der Waals surface area contributed by atoms with Crippen molar-refractivity contribution >= 4 is 5.97 Å². The number of carbonyl (C=O) groups excluding carboxylic acids is 1. The number of aliphatic hydroxyl groups excluding tert-OH is 1. The zero-order valence-corrected chi connectivity index (χ0v) is 29.7. The van der Waals surface area contributed by atoms with Gasteiger partial charge < -0.3 is 24.1 Å². The Morgan fingerprint density at radius 1 is 1.02 bits per heavy atom. The van der Waals surface area contributed by atoms with Crippen LogP contribution in [0.4, 0.5) is 0 Å². The normalized spacial score (nSPS) is 34.6. The number of hydrogen-bond acceptors (Lipinski definition) is 6. The van der Waals surface area contributed by atoms with Crippen LogP contribution in [-0.2, 0) is 23.7 Å². The molecule has 0 aromatic heterocycles. The molecule has 2 aromatic rings. The smallest absolute Gasteiger partial charge is 0.318 e. The van der Waals surface area contributed by atoms with E-state index in [9.17, 15) is 5.11 Å². The molecule has 4 fully saturated rings. The van der Waals surface area contributed by atoms with E-state index in [2.05, 4.69) is 40.0 Å². The zero-order chi connectivity index (χ0) is 34.6. The van der Waals surface area contributed by atoms with Crippen LogP contribution in [0.25, 0.3) is 0 Å². The second-order valence-electron chi connectivity index (χ2n) is 15.9. The molecule has 262 valence electrons. The van der Waals surface area contributed by atoms with Crippen molar-refractivity contribution in [2.45, 2.75) is 84.4 Å². The maximum absolute atomic E-state index is 16.1. The fourth-order valence-electron chi connectivity index (χ4n) is 11.4. The van der Waals surface area contributed by atoms with Crippen LogP contribution in [0.1, 0.15) is 77.0 Å². The quantitative estimate of drug-likeness (QED) is 0.172. The van der Waals surface area contributed by atoms with Crippen LogP contribution in [0.3, 0.4) is 0 Å². The molecule has 5 aliphatic rings. The van der Waals surface area contributed by atoms with E-state index in [1.165, 1.54) is 0 Å². The molecule has 9 atom stereocenters. The van der Waals surface area contributed by atoms with Crippen molar-refractivity contribution in [3.63, 3.8) is 0 Å². The summed E-state index contributed by atoms with van der Waals surface area (Å²) >= 11 is 0. The number of fused-ring (bicyclic) bond motifs is 2. The fraction of sp³-hybridized carbons (Fsp3) is 0.558. The molecule has 0 spiro atoms. The highest BCUT2D eigenvalue weighted by Gasteiger charge is 2.88. The number of allylic oxidation sites excluding steroid dienone is 1. The maximum atomic E-state index is 16.1.